The van der Waals surface area contributed by atoms with Crippen molar-refractivity contribution in [2.24, 2.45) is 5.41 Å². The molecule has 3 aliphatic heterocycles. The Balaban J connectivity index is 1.33. The smallest absolute Gasteiger partial charge is 0.318 e. The summed E-state index contributed by atoms with van der Waals surface area (Å²) in [6.45, 7) is 12.6. The van der Waals surface area contributed by atoms with Gasteiger partial charge in [-0.25, -0.2) is 0 Å². The number of fused-ring (bicyclic) bond motifs is 2. The number of aryl methyl sites for hydroxylation is 1. The van der Waals surface area contributed by atoms with E-state index < -0.39 is 0 Å². The van der Waals surface area contributed by atoms with Gasteiger partial charge in [0.2, 0.25) is 0 Å². The van der Waals surface area contributed by atoms with Gasteiger partial charge in [-0.15, -0.1) is 0 Å². The van der Waals surface area contributed by atoms with Gasteiger partial charge in [0, 0.05) is 61.4 Å². The standard InChI is InChI=1S/C32H41N7O/c1-22-7-5-8-23-9-6-10-28(29(22)23)38-15-12-26-27(19-38)35-31(40-20-25-17-32(2,3)21-37(25)4)36-30(26)39-16-14-34-24(18-39)11-13-33/h5-10,24-25,34H,11-12,14-21H2,1-4H3/t24-,25-/m0/s1. The predicted octanol–water partition coefficient (Wildman–Crippen LogP) is 4.30. The van der Waals surface area contributed by atoms with Gasteiger partial charge in [0.1, 0.15) is 12.4 Å². The van der Waals surface area contributed by atoms with Gasteiger partial charge >= 0.3 is 6.01 Å². The van der Waals surface area contributed by atoms with Crippen LogP contribution in [0, 0.1) is 23.7 Å². The van der Waals surface area contributed by atoms with Crippen LogP contribution in [-0.4, -0.2) is 73.3 Å². The Hall–Kier alpha value is -3.41. The van der Waals surface area contributed by atoms with E-state index in [0.717, 1.165) is 63.6 Å². The van der Waals surface area contributed by atoms with Crippen molar-refractivity contribution < 1.29 is 4.74 Å². The number of nitriles is 1. The summed E-state index contributed by atoms with van der Waals surface area (Å²) in [5.41, 5.74) is 5.11. The van der Waals surface area contributed by atoms with Crippen molar-refractivity contribution in [3.05, 3.63) is 53.2 Å². The molecule has 0 aliphatic carbocycles. The molecule has 1 N–H and O–H groups in total. The first kappa shape index (κ1) is 26.8. The van der Waals surface area contributed by atoms with Crippen molar-refractivity contribution in [1.82, 2.24) is 20.2 Å². The van der Waals surface area contributed by atoms with Gasteiger partial charge in [-0.1, -0.05) is 44.2 Å². The lowest BCUT2D eigenvalue weighted by Crippen LogP contribution is -2.51. The number of nitrogens with one attached hydrogen (secondary N) is 1. The zero-order chi connectivity index (χ0) is 27.9. The van der Waals surface area contributed by atoms with Gasteiger partial charge in [0.15, 0.2) is 0 Å². The van der Waals surface area contributed by atoms with E-state index in [-0.39, 0.29) is 11.5 Å². The van der Waals surface area contributed by atoms with E-state index in [0.29, 0.717) is 25.1 Å². The molecule has 8 nitrogen and oxygen atoms in total. The number of likely N-dealkylation sites (tertiary alicyclic amines) is 1. The van der Waals surface area contributed by atoms with E-state index in [4.69, 9.17) is 14.7 Å². The van der Waals surface area contributed by atoms with Crippen LogP contribution in [0.4, 0.5) is 11.5 Å². The number of benzene rings is 2. The van der Waals surface area contributed by atoms with Crippen LogP contribution in [0.25, 0.3) is 10.8 Å². The number of anilines is 2. The van der Waals surface area contributed by atoms with Crippen molar-refractivity contribution >= 4 is 22.3 Å². The quantitative estimate of drug-likeness (QED) is 0.497. The topological polar surface area (TPSA) is 80.6 Å². The highest BCUT2D eigenvalue weighted by atomic mass is 16.5. The predicted molar refractivity (Wildman–Crippen MR) is 160 cm³/mol. The summed E-state index contributed by atoms with van der Waals surface area (Å²) in [6.07, 6.45) is 2.47. The highest BCUT2D eigenvalue weighted by molar-refractivity contribution is 5.97. The number of hydrogen-bond donors (Lipinski definition) is 1. The number of likely N-dealkylation sites (N-methyl/N-ethyl adjacent to an activating group) is 1. The fraction of sp³-hybridized carbons (Fsp3) is 0.531. The fourth-order valence-electron chi connectivity index (χ4n) is 6.97. The summed E-state index contributed by atoms with van der Waals surface area (Å²) in [6, 6.07) is 16.4. The Labute approximate surface area is 237 Å². The molecule has 210 valence electrons. The molecule has 3 aliphatic rings. The second kappa shape index (κ2) is 10.9. The molecule has 1 aromatic heterocycles. The number of piperazine rings is 1. The van der Waals surface area contributed by atoms with Crippen LogP contribution < -0.4 is 19.9 Å². The largest absolute Gasteiger partial charge is 0.462 e. The Kier molecular flexibility index (Phi) is 7.28. The molecule has 0 spiro atoms. The lowest BCUT2D eigenvalue weighted by atomic mass is 9.91. The van der Waals surface area contributed by atoms with E-state index in [2.05, 4.69) is 90.3 Å². The maximum Gasteiger partial charge on any atom is 0.318 e. The number of aromatic nitrogens is 2. The average Bonchev–Trinajstić information content (AvgIpc) is 3.22. The lowest BCUT2D eigenvalue weighted by molar-refractivity contribution is 0.187. The molecule has 0 radical (unpaired) electrons. The third-order valence-corrected chi connectivity index (χ3v) is 8.84. The zero-order valence-corrected chi connectivity index (χ0v) is 24.3. The van der Waals surface area contributed by atoms with Crippen LogP contribution in [0.3, 0.4) is 0 Å². The van der Waals surface area contributed by atoms with Crippen LogP contribution in [0.5, 0.6) is 6.01 Å². The van der Waals surface area contributed by atoms with Crippen LogP contribution >= 0.6 is 0 Å². The summed E-state index contributed by atoms with van der Waals surface area (Å²) in [5.74, 6) is 0.985. The summed E-state index contributed by atoms with van der Waals surface area (Å²) in [7, 11) is 2.18. The fourth-order valence-corrected chi connectivity index (χ4v) is 6.97. The van der Waals surface area contributed by atoms with Gasteiger partial charge in [-0.2, -0.15) is 15.2 Å². The molecule has 0 bridgehead atoms. The van der Waals surface area contributed by atoms with Crippen LogP contribution in [0.15, 0.2) is 36.4 Å². The molecule has 2 fully saturated rings. The highest BCUT2D eigenvalue weighted by Crippen LogP contribution is 2.36. The van der Waals surface area contributed by atoms with E-state index >= 15 is 0 Å². The first-order chi connectivity index (χ1) is 19.3. The van der Waals surface area contributed by atoms with Gasteiger partial charge < -0.3 is 19.9 Å². The molecule has 3 aromatic rings. The number of hydrogen-bond acceptors (Lipinski definition) is 8. The van der Waals surface area contributed by atoms with Crippen molar-refractivity contribution in [3.8, 4) is 12.1 Å². The molecule has 6 rings (SSSR count). The summed E-state index contributed by atoms with van der Waals surface area (Å²) < 4.78 is 6.38. The first-order valence-corrected chi connectivity index (χ1v) is 14.6. The Bertz CT molecular complexity index is 1430. The summed E-state index contributed by atoms with van der Waals surface area (Å²) >= 11 is 0. The van der Waals surface area contributed by atoms with Crippen molar-refractivity contribution in [2.45, 2.75) is 58.7 Å². The minimum absolute atomic E-state index is 0.141. The summed E-state index contributed by atoms with van der Waals surface area (Å²) in [4.78, 5) is 17.3. The maximum atomic E-state index is 9.31. The Morgan fingerprint density at radius 3 is 2.73 bits per heavy atom. The van der Waals surface area contributed by atoms with Crippen molar-refractivity contribution in [1.29, 1.82) is 5.26 Å². The second-order valence-corrected chi connectivity index (χ2v) is 12.6. The third kappa shape index (κ3) is 5.33. The van der Waals surface area contributed by atoms with Crippen LogP contribution in [-0.2, 0) is 13.0 Å². The van der Waals surface area contributed by atoms with Gasteiger partial charge in [0.05, 0.1) is 24.7 Å². The number of ether oxygens (including phenoxy) is 1. The van der Waals surface area contributed by atoms with Gasteiger partial charge in [-0.3, -0.25) is 4.90 Å². The monoisotopic (exact) mass is 539 g/mol. The minimum atomic E-state index is 0.141. The van der Waals surface area contributed by atoms with Gasteiger partial charge in [-0.05, 0) is 49.2 Å². The summed E-state index contributed by atoms with van der Waals surface area (Å²) in [5, 5.41) is 15.4. The second-order valence-electron chi connectivity index (χ2n) is 12.6. The van der Waals surface area contributed by atoms with E-state index in [1.54, 1.807) is 0 Å². The van der Waals surface area contributed by atoms with Crippen LogP contribution in [0.2, 0.25) is 0 Å². The normalized spacial score (nSPS) is 22.8. The zero-order valence-electron chi connectivity index (χ0n) is 24.3. The molecular formula is C32H41N7O. The van der Waals surface area contributed by atoms with E-state index in [9.17, 15) is 5.26 Å². The Morgan fingerprint density at radius 2 is 1.95 bits per heavy atom. The van der Waals surface area contributed by atoms with E-state index in [1.807, 2.05) is 0 Å². The van der Waals surface area contributed by atoms with Gasteiger partial charge in [0.25, 0.3) is 0 Å². The third-order valence-electron chi connectivity index (χ3n) is 8.84. The lowest BCUT2D eigenvalue weighted by Gasteiger charge is -2.37. The average molecular weight is 540 g/mol. The Morgan fingerprint density at radius 1 is 1.12 bits per heavy atom. The first-order valence-electron chi connectivity index (χ1n) is 14.6. The molecular weight excluding hydrogens is 498 g/mol. The molecule has 4 heterocycles. The molecule has 40 heavy (non-hydrogen) atoms. The number of rotatable bonds is 6. The van der Waals surface area contributed by atoms with Crippen molar-refractivity contribution in [3.63, 3.8) is 0 Å². The van der Waals surface area contributed by atoms with E-state index in [1.165, 1.54) is 27.6 Å². The number of nitrogens with zero attached hydrogens (tertiary/aromatic N) is 6. The SMILES string of the molecule is Cc1cccc2cccc(N3CCc4c(nc(OC[C@@H]5CC(C)(C)CN5C)nc4N4CCN[C@@H](CC#N)C4)C3)c12. The molecule has 8 heteroatoms. The van der Waals surface area contributed by atoms with Crippen molar-refractivity contribution in [2.75, 3.05) is 56.2 Å². The molecule has 0 amide bonds. The molecule has 2 saturated heterocycles. The minimum Gasteiger partial charge on any atom is -0.462 e. The maximum absolute atomic E-state index is 9.31. The molecule has 0 unspecified atom stereocenters. The van der Waals surface area contributed by atoms with Crippen LogP contribution in [0.1, 0.15) is 43.5 Å². The molecule has 2 aromatic carbocycles. The highest BCUT2D eigenvalue weighted by Gasteiger charge is 2.36. The molecule has 2 atom stereocenters. The molecule has 0 saturated carbocycles.